The van der Waals surface area contributed by atoms with E-state index in [1.165, 1.54) is 59.9 Å². The second kappa shape index (κ2) is 14.5. The smallest absolute Gasteiger partial charge is 0.0703 e. The lowest BCUT2D eigenvalue weighted by Gasteiger charge is -2.30. The molecule has 0 spiro atoms. The number of aromatic nitrogens is 2. The molecule has 0 radical (unpaired) electrons. The van der Waals surface area contributed by atoms with Gasteiger partial charge < -0.3 is 18.6 Å². The van der Waals surface area contributed by atoms with Crippen molar-refractivity contribution in [2.45, 2.75) is 0 Å². The highest BCUT2D eigenvalue weighted by Gasteiger charge is 2.22. The molecule has 0 fully saturated rings. The molecule has 0 bridgehead atoms. The van der Waals surface area contributed by atoms with Gasteiger partial charge in [0, 0.05) is 66.4 Å². The van der Waals surface area contributed by atoms with Crippen LogP contribution in [0.1, 0.15) is 0 Å². The van der Waals surface area contributed by atoms with E-state index in [0.29, 0.717) is 0 Å². The van der Waals surface area contributed by atoms with Gasteiger partial charge in [0.25, 0.3) is 0 Å². The third kappa shape index (κ3) is 5.56. The van der Waals surface area contributed by atoms with Crippen LogP contribution in [0.15, 0.2) is 243 Å². The highest BCUT2D eigenvalue weighted by molar-refractivity contribution is 6.25. The highest BCUT2D eigenvalue weighted by atomic mass is 15.2. The normalized spacial score (nSPS) is 11.8. The predicted molar refractivity (Wildman–Crippen MR) is 271 cm³/mol. The van der Waals surface area contributed by atoms with Crippen molar-refractivity contribution in [1.82, 2.24) is 8.80 Å². The van der Waals surface area contributed by atoms with Gasteiger partial charge in [-0.1, -0.05) is 146 Å². The summed E-state index contributed by atoms with van der Waals surface area (Å²) in [5.74, 6) is 0. The van der Waals surface area contributed by atoms with E-state index >= 15 is 0 Å². The minimum atomic E-state index is 1.06. The van der Waals surface area contributed by atoms with Gasteiger partial charge in [0.05, 0.1) is 33.1 Å². The van der Waals surface area contributed by atoms with Crippen LogP contribution in [0, 0.1) is 0 Å². The van der Waals surface area contributed by atoms with Gasteiger partial charge >= 0.3 is 0 Å². The molecule has 3 aromatic heterocycles. The Kier molecular flexibility index (Phi) is 8.18. The molecule has 0 aliphatic heterocycles. The van der Waals surface area contributed by atoms with E-state index in [1.807, 2.05) is 0 Å². The molecule has 0 N–H and O–H groups in total. The molecule has 13 rings (SSSR count). The summed E-state index contributed by atoms with van der Waals surface area (Å²) in [6, 6.07) is 88.2. The van der Waals surface area contributed by atoms with Crippen molar-refractivity contribution in [1.29, 1.82) is 0 Å². The van der Waals surface area contributed by atoms with E-state index in [4.69, 9.17) is 0 Å². The van der Waals surface area contributed by atoms with E-state index in [2.05, 4.69) is 261 Å². The van der Waals surface area contributed by atoms with Gasteiger partial charge in [-0.3, -0.25) is 0 Å². The summed E-state index contributed by atoms with van der Waals surface area (Å²) in [5.41, 5.74) is 15.9. The Balaban J connectivity index is 1.12. The maximum Gasteiger partial charge on any atom is 0.0703 e. The third-order valence-electron chi connectivity index (χ3n) is 12.9. The van der Waals surface area contributed by atoms with Crippen LogP contribution >= 0.6 is 0 Å². The predicted octanol–water partition coefficient (Wildman–Crippen LogP) is 16.6. The molecule has 64 heavy (non-hydrogen) atoms. The molecule has 13 aromatic rings. The quantitative estimate of drug-likeness (QED) is 0.159. The van der Waals surface area contributed by atoms with Crippen LogP contribution < -0.4 is 9.80 Å². The fourth-order valence-electron chi connectivity index (χ4n) is 10.3. The van der Waals surface area contributed by atoms with Crippen LogP contribution in [-0.4, -0.2) is 8.80 Å². The molecule has 4 heteroatoms. The monoisotopic (exact) mass is 816 g/mol. The number of anilines is 6. The second-order valence-corrected chi connectivity index (χ2v) is 16.6. The van der Waals surface area contributed by atoms with Crippen molar-refractivity contribution < 1.29 is 0 Å². The molecule has 0 aliphatic rings. The van der Waals surface area contributed by atoms with Gasteiger partial charge in [-0.05, 0) is 108 Å². The van der Waals surface area contributed by atoms with E-state index < -0.39 is 0 Å². The number of nitrogens with zero attached hydrogens (tertiary/aromatic N) is 4. The lowest BCUT2D eigenvalue weighted by atomic mass is 9.99. The molecule has 0 saturated heterocycles. The zero-order valence-corrected chi connectivity index (χ0v) is 34.9. The zero-order valence-electron chi connectivity index (χ0n) is 34.9. The largest absolute Gasteiger partial charge is 0.310 e. The number of hydrogen-bond acceptors (Lipinski definition) is 2. The Labute approximate surface area is 370 Å². The van der Waals surface area contributed by atoms with Crippen LogP contribution in [0.3, 0.4) is 0 Å². The van der Waals surface area contributed by atoms with Crippen molar-refractivity contribution in [3.63, 3.8) is 0 Å². The van der Waals surface area contributed by atoms with Gasteiger partial charge in [-0.15, -0.1) is 0 Å². The minimum Gasteiger partial charge on any atom is -0.310 e. The van der Waals surface area contributed by atoms with Gasteiger partial charge in [-0.25, -0.2) is 0 Å². The first-order valence-corrected chi connectivity index (χ1v) is 21.9. The number of benzene rings is 10. The molecule has 0 atom stereocenters. The van der Waals surface area contributed by atoms with E-state index in [-0.39, 0.29) is 0 Å². The van der Waals surface area contributed by atoms with E-state index in [9.17, 15) is 0 Å². The molecule has 4 nitrogen and oxygen atoms in total. The fourth-order valence-corrected chi connectivity index (χ4v) is 10.3. The fraction of sp³-hybridized carbons (Fsp3) is 0. The van der Waals surface area contributed by atoms with Crippen molar-refractivity contribution >= 4 is 99.5 Å². The standard InChI is InChI=1S/C60H40N4/c1-5-19-43(20-6-1)61(44-21-7-2-8-22-44)47-37-42(38-48(40-47)62(45-23-9-3-10-24-45)46-25-11-4-12-26-46)41-35-36-56-54(39-41)53-31-18-30-52-51-29-17-28-50-49-27-13-14-32-55(49)63(59(50)51)57-33-15-16-34-58(57)64(56)60(52)53/h1-40H. The molecule has 3 heterocycles. The summed E-state index contributed by atoms with van der Waals surface area (Å²) in [4.78, 5) is 4.73. The number of para-hydroxylation sites is 9. The molecule has 10 aromatic carbocycles. The summed E-state index contributed by atoms with van der Waals surface area (Å²) in [6.07, 6.45) is 0. The Morgan fingerprint density at radius 3 is 1.05 bits per heavy atom. The molecular formula is C60H40N4. The Morgan fingerprint density at radius 2 is 0.578 bits per heavy atom. The van der Waals surface area contributed by atoms with Crippen LogP contribution in [0.4, 0.5) is 34.1 Å². The lowest BCUT2D eigenvalue weighted by Crippen LogP contribution is -2.13. The van der Waals surface area contributed by atoms with Crippen LogP contribution in [0.5, 0.6) is 0 Å². The second-order valence-electron chi connectivity index (χ2n) is 16.6. The summed E-state index contributed by atoms with van der Waals surface area (Å²) in [7, 11) is 0. The van der Waals surface area contributed by atoms with Crippen molar-refractivity contribution in [2.75, 3.05) is 9.80 Å². The highest BCUT2D eigenvalue weighted by Crippen LogP contribution is 2.45. The summed E-state index contributed by atoms with van der Waals surface area (Å²) < 4.78 is 5.00. The van der Waals surface area contributed by atoms with Crippen molar-refractivity contribution in [2.24, 2.45) is 0 Å². The minimum absolute atomic E-state index is 1.06. The van der Waals surface area contributed by atoms with Gasteiger partial charge in [0.15, 0.2) is 0 Å². The van der Waals surface area contributed by atoms with Gasteiger partial charge in [0.1, 0.15) is 0 Å². The molecule has 0 amide bonds. The molecule has 0 aliphatic carbocycles. The van der Waals surface area contributed by atoms with Crippen LogP contribution in [0.25, 0.3) is 76.5 Å². The Hall–Kier alpha value is -8.60. The number of hydrogen-bond donors (Lipinski definition) is 0. The van der Waals surface area contributed by atoms with E-state index in [1.54, 1.807) is 0 Å². The SMILES string of the molecule is c1ccc(N(c2ccccc2)c2cc(-c3ccc4c(c3)c3cccc5c6cccc7c8ccccc8n(c8ccccc8n4c35)c76)cc(N(c3ccccc3)c3ccccc3)c2)cc1. The van der Waals surface area contributed by atoms with Crippen molar-refractivity contribution in [3.8, 4) is 11.1 Å². The Morgan fingerprint density at radius 1 is 0.219 bits per heavy atom. The molecule has 300 valence electrons. The Bertz CT molecular complexity index is 3710. The average Bonchev–Trinajstić information content (AvgIpc) is 3.88. The maximum atomic E-state index is 2.51. The average molecular weight is 817 g/mol. The first-order valence-electron chi connectivity index (χ1n) is 21.9. The van der Waals surface area contributed by atoms with Crippen molar-refractivity contribution in [3.05, 3.63) is 243 Å². The molecular weight excluding hydrogens is 777 g/mol. The summed E-state index contributed by atoms with van der Waals surface area (Å²) >= 11 is 0. The summed E-state index contributed by atoms with van der Waals surface area (Å²) in [5, 5.41) is 7.44. The van der Waals surface area contributed by atoms with E-state index in [0.717, 1.165) is 50.8 Å². The zero-order chi connectivity index (χ0) is 42.1. The van der Waals surface area contributed by atoms with Crippen LogP contribution in [0.2, 0.25) is 0 Å². The molecule has 0 unspecified atom stereocenters. The molecule has 0 saturated carbocycles. The van der Waals surface area contributed by atoms with Gasteiger partial charge in [-0.2, -0.15) is 0 Å². The van der Waals surface area contributed by atoms with Crippen LogP contribution in [-0.2, 0) is 0 Å². The van der Waals surface area contributed by atoms with Gasteiger partial charge in [0.2, 0.25) is 0 Å². The third-order valence-corrected chi connectivity index (χ3v) is 12.9. The number of fused-ring (bicyclic) bond motifs is 10. The lowest BCUT2D eigenvalue weighted by molar-refractivity contribution is 1.25. The first kappa shape index (κ1) is 36.1. The number of rotatable bonds is 7. The first-order chi connectivity index (χ1) is 31.8. The maximum absolute atomic E-state index is 2.51. The summed E-state index contributed by atoms with van der Waals surface area (Å²) in [6.45, 7) is 0. The topological polar surface area (TPSA) is 15.3 Å².